The molecule has 2 atom stereocenters. The molecule has 2 aromatic rings. The van der Waals surface area contributed by atoms with Gasteiger partial charge in [0.05, 0.1) is 17.5 Å². The average molecular weight is 432 g/mol. The second-order valence-electron chi connectivity index (χ2n) is 8.19. The minimum Gasteiger partial charge on any atom is -0.337 e. The zero-order valence-electron chi connectivity index (χ0n) is 17.6. The first kappa shape index (κ1) is 20.2. The number of aromatic nitrogens is 2. The number of nitrogens with zero attached hydrogens (tertiary/aromatic N) is 5. The number of fused-ring (bicyclic) bond motifs is 1. The lowest BCUT2D eigenvalue weighted by atomic mass is 9.85. The highest BCUT2D eigenvalue weighted by Crippen LogP contribution is 2.35. The van der Waals surface area contributed by atoms with Gasteiger partial charge in [0, 0.05) is 44.1 Å². The van der Waals surface area contributed by atoms with Crippen LogP contribution in [0.4, 0.5) is 11.6 Å². The third-order valence-corrected chi connectivity index (χ3v) is 6.26. The van der Waals surface area contributed by atoms with Crippen molar-refractivity contribution < 1.29 is 14.4 Å². The van der Waals surface area contributed by atoms with Gasteiger partial charge in [-0.1, -0.05) is 18.2 Å². The van der Waals surface area contributed by atoms with E-state index in [1.165, 1.54) is 0 Å². The Morgan fingerprint density at radius 3 is 2.22 bits per heavy atom. The van der Waals surface area contributed by atoms with Crippen LogP contribution < -0.4 is 10.3 Å². The van der Waals surface area contributed by atoms with Crippen LogP contribution in [0, 0.1) is 11.8 Å². The molecule has 9 nitrogen and oxygen atoms in total. The second-order valence-corrected chi connectivity index (χ2v) is 8.19. The molecule has 164 valence electrons. The Morgan fingerprint density at radius 2 is 1.56 bits per heavy atom. The molecule has 0 spiro atoms. The molecular formula is C23H24N6O3. The Kier molecular flexibility index (Phi) is 5.30. The molecule has 1 N–H and O–H groups in total. The van der Waals surface area contributed by atoms with E-state index in [9.17, 15) is 14.4 Å². The Bertz CT molecular complexity index is 1040. The molecule has 2 saturated heterocycles. The SMILES string of the molecule is O=C(c1cccc(NN2C(=O)[C@H]3CC=CC[C@@H]3C2=O)c1)N1CCN(c2ncccn2)CC1. The van der Waals surface area contributed by atoms with Gasteiger partial charge in [-0.25, -0.2) is 9.97 Å². The lowest BCUT2D eigenvalue weighted by molar-refractivity contribution is -0.138. The minimum absolute atomic E-state index is 0.0841. The predicted octanol–water partition coefficient (Wildman–Crippen LogP) is 1.72. The van der Waals surface area contributed by atoms with E-state index in [1.807, 2.05) is 12.2 Å². The summed E-state index contributed by atoms with van der Waals surface area (Å²) in [6, 6.07) is 8.72. The number of allylic oxidation sites excluding steroid dienone is 2. The molecule has 1 aromatic carbocycles. The second kappa shape index (κ2) is 8.41. The quantitative estimate of drug-likeness (QED) is 0.580. The van der Waals surface area contributed by atoms with Crippen molar-refractivity contribution in [2.75, 3.05) is 36.5 Å². The molecule has 2 aliphatic heterocycles. The van der Waals surface area contributed by atoms with E-state index in [4.69, 9.17) is 0 Å². The van der Waals surface area contributed by atoms with Crippen LogP contribution in [0.2, 0.25) is 0 Å². The standard InChI is InChI=1S/C23H24N6O3/c30-20(27-11-13-28(14-12-27)23-24-9-4-10-25-23)16-5-3-6-17(15-16)26-29-21(31)18-7-1-2-8-19(18)22(29)32/h1-6,9-10,15,18-19,26H,7-8,11-14H2/t18-,19-/m0/s1. The molecule has 9 heteroatoms. The average Bonchev–Trinajstić information content (AvgIpc) is 3.09. The molecule has 0 bridgehead atoms. The van der Waals surface area contributed by atoms with Crippen molar-refractivity contribution in [2.45, 2.75) is 12.8 Å². The largest absolute Gasteiger partial charge is 0.337 e. The normalized spacial score (nSPS) is 22.8. The van der Waals surface area contributed by atoms with Crippen molar-refractivity contribution in [1.82, 2.24) is 19.9 Å². The Labute approximate surface area is 185 Å². The van der Waals surface area contributed by atoms with E-state index < -0.39 is 0 Å². The number of carbonyl (C=O) groups excluding carboxylic acids is 3. The number of piperazine rings is 1. The van der Waals surface area contributed by atoms with Gasteiger partial charge in [0.2, 0.25) is 5.95 Å². The van der Waals surface area contributed by atoms with Gasteiger partial charge in [0.1, 0.15) is 0 Å². The van der Waals surface area contributed by atoms with Gasteiger partial charge in [-0.15, -0.1) is 0 Å². The van der Waals surface area contributed by atoms with Crippen molar-refractivity contribution in [3.8, 4) is 0 Å². The summed E-state index contributed by atoms with van der Waals surface area (Å²) in [7, 11) is 0. The van der Waals surface area contributed by atoms with Gasteiger partial charge in [-0.05, 0) is 37.1 Å². The number of anilines is 2. The fourth-order valence-corrected chi connectivity index (χ4v) is 4.51. The first-order chi connectivity index (χ1) is 15.6. The number of hydrogen-bond donors (Lipinski definition) is 1. The van der Waals surface area contributed by atoms with Crippen molar-refractivity contribution in [2.24, 2.45) is 11.8 Å². The third kappa shape index (κ3) is 3.70. The van der Waals surface area contributed by atoms with Gasteiger partial charge in [-0.3, -0.25) is 19.8 Å². The molecule has 0 unspecified atom stereocenters. The van der Waals surface area contributed by atoms with E-state index >= 15 is 0 Å². The number of imide groups is 1. The number of hydrogen-bond acceptors (Lipinski definition) is 7. The summed E-state index contributed by atoms with van der Waals surface area (Å²) in [5.74, 6) is -0.425. The first-order valence-corrected chi connectivity index (χ1v) is 10.8. The van der Waals surface area contributed by atoms with Crippen molar-refractivity contribution in [3.05, 3.63) is 60.4 Å². The Morgan fingerprint density at radius 1 is 0.906 bits per heavy atom. The topological polar surface area (TPSA) is 98.7 Å². The van der Waals surface area contributed by atoms with E-state index in [1.54, 1.807) is 47.6 Å². The van der Waals surface area contributed by atoms with Crippen LogP contribution >= 0.6 is 0 Å². The molecule has 2 fully saturated rings. The molecule has 0 saturated carbocycles. The summed E-state index contributed by atoms with van der Waals surface area (Å²) in [6.07, 6.45) is 8.51. The fraction of sp³-hybridized carbons (Fsp3) is 0.348. The maximum Gasteiger partial charge on any atom is 0.254 e. The highest BCUT2D eigenvalue weighted by molar-refractivity contribution is 6.06. The number of hydrazine groups is 1. The number of benzene rings is 1. The van der Waals surface area contributed by atoms with Crippen LogP contribution in [0.3, 0.4) is 0 Å². The summed E-state index contributed by atoms with van der Waals surface area (Å²) < 4.78 is 0. The van der Waals surface area contributed by atoms with Crippen molar-refractivity contribution >= 4 is 29.4 Å². The maximum atomic E-state index is 13.1. The van der Waals surface area contributed by atoms with Crippen LogP contribution in [0.5, 0.6) is 0 Å². The van der Waals surface area contributed by atoms with E-state index in [-0.39, 0.29) is 29.6 Å². The highest BCUT2D eigenvalue weighted by Gasteiger charge is 2.47. The molecule has 1 aromatic heterocycles. The van der Waals surface area contributed by atoms with Gasteiger partial charge in [-0.2, -0.15) is 5.01 Å². The van der Waals surface area contributed by atoms with Crippen LogP contribution in [0.1, 0.15) is 23.2 Å². The summed E-state index contributed by atoms with van der Waals surface area (Å²) in [6.45, 7) is 2.44. The predicted molar refractivity (Wildman–Crippen MR) is 117 cm³/mol. The molecule has 5 rings (SSSR count). The van der Waals surface area contributed by atoms with Gasteiger partial charge in [0.15, 0.2) is 0 Å². The number of carbonyl (C=O) groups is 3. The van der Waals surface area contributed by atoms with Gasteiger partial charge < -0.3 is 9.80 Å². The van der Waals surface area contributed by atoms with Gasteiger partial charge in [0.25, 0.3) is 17.7 Å². The molecule has 3 amide bonds. The number of amides is 3. The lowest BCUT2D eigenvalue weighted by Crippen LogP contribution is -2.49. The monoisotopic (exact) mass is 432 g/mol. The summed E-state index contributed by atoms with van der Waals surface area (Å²) in [5.41, 5.74) is 3.99. The molecule has 32 heavy (non-hydrogen) atoms. The molecule has 3 aliphatic rings. The minimum atomic E-state index is -0.297. The van der Waals surface area contributed by atoms with E-state index in [0.717, 1.165) is 5.01 Å². The number of rotatable bonds is 4. The smallest absolute Gasteiger partial charge is 0.254 e. The maximum absolute atomic E-state index is 13.1. The zero-order valence-corrected chi connectivity index (χ0v) is 17.6. The van der Waals surface area contributed by atoms with Crippen LogP contribution in [-0.2, 0) is 9.59 Å². The van der Waals surface area contributed by atoms with Crippen molar-refractivity contribution in [3.63, 3.8) is 0 Å². The molecule has 0 radical (unpaired) electrons. The molecule has 1 aliphatic carbocycles. The van der Waals surface area contributed by atoms with E-state index in [0.29, 0.717) is 56.2 Å². The van der Waals surface area contributed by atoms with Gasteiger partial charge >= 0.3 is 0 Å². The summed E-state index contributed by atoms with van der Waals surface area (Å²) in [4.78, 5) is 50.8. The Balaban J connectivity index is 1.24. The van der Waals surface area contributed by atoms with E-state index in [2.05, 4.69) is 20.3 Å². The summed E-state index contributed by atoms with van der Waals surface area (Å²) >= 11 is 0. The molecule has 3 heterocycles. The highest BCUT2D eigenvalue weighted by atomic mass is 16.2. The van der Waals surface area contributed by atoms with Crippen LogP contribution in [-0.4, -0.2) is 63.8 Å². The zero-order chi connectivity index (χ0) is 22.1. The summed E-state index contributed by atoms with van der Waals surface area (Å²) in [5, 5.41) is 1.12. The lowest BCUT2D eigenvalue weighted by Gasteiger charge is -2.34. The van der Waals surface area contributed by atoms with Crippen LogP contribution in [0.15, 0.2) is 54.9 Å². The fourth-order valence-electron chi connectivity index (χ4n) is 4.51. The number of nitrogens with one attached hydrogen (secondary N) is 1. The molecular weight excluding hydrogens is 408 g/mol. The Hall–Kier alpha value is -3.75. The third-order valence-electron chi connectivity index (χ3n) is 6.26. The van der Waals surface area contributed by atoms with Crippen LogP contribution in [0.25, 0.3) is 0 Å². The first-order valence-electron chi connectivity index (χ1n) is 10.8. The van der Waals surface area contributed by atoms with Crippen molar-refractivity contribution in [1.29, 1.82) is 0 Å².